The average molecular weight is 244 g/mol. The molecule has 0 aliphatic carbocycles. The molecule has 0 saturated carbocycles. The number of aryl methyl sites for hydroxylation is 1. The van der Waals surface area contributed by atoms with E-state index >= 15 is 0 Å². The Labute approximate surface area is 103 Å². The Bertz CT molecular complexity index is 571. The summed E-state index contributed by atoms with van der Waals surface area (Å²) in [5, 5.41) is 11.3. The summed E-state index contributed by atoms with van der Waals surface area (Å²) in [4.78, 5) is 10.8. The summed E-state index contributed by atoms with van der Waals surface area (Å²) in [6, 6.07) is 6.45. The van der Waals surface area contributed by atoms with Crippen molar-refractivity contribution < 1.29 is 4.79 Å². The van der Waals surface area contributed by atoms with Crippen LogP contribution >= 0.6 is 0 Å². The average Bonchev–Trinajstić information content (AvgIpc) is 2.83. The number of amides is 2. The quantitative estimate of drug-likeness (QED) is 0.365. The van der Waals surface area contributed by atoms with E-state index in [1.54, 1.807) is 23.0 Å². The molecule has 18 heavy (non-hydrogen) atoms. The van der Waals surface area contributed by atoms with Gasteiger partial charge in [-0.1, -0.05) is 5.11 Å². The molecule has 7 heteroatoms. The number of hydrogen-bond acceptors (Lipinski definition) is 4. The molecule has 0 fully saturated rings. The number of hydrazine groups is 1. The van der Waals surface area contributed by atoms with E-state index in [-0.39, 0.29) is 0 Å². The second-order valence-corrected chi connectivity index (χ2v) is 3.63. The van der Waals surface area contributed by atoms with Gasteiger partial charge in [0.25, 0.3) is 0 Å². The Hall–Kier alpha value is -2.54. The van der Waals surface area contributed by atoms with Crippen LogP contribution in [0, 0.1) is 6.92 Å². The van der Waals surface area contributed by atoms with Crippen LogP contribution in [0.1, 0.15) is 5.56 Å². The first kappa shape index (κ1) is 11.9. The summed E-state index contributed by atoms with van der Waals surface area (Å²) in [5.41, 5.74) is 4.41. The lowest BCUT2D eigenvalue weighted by atomic mass is 10.3. The van der Waals surface area contributed by atoms with Crippen molar-refractivity contribution in [1.82, 2.24) is 15.2 Å². The normalized spacial score (nSPS) is 10.8. The van der Waals surface area contributed by atoms with Crippen LogP contribution in [0.2, 0.25) is 0 Å². The fraction of sp³-hybridized carbons (Fsp3) is 0.0909. The maximum absolute atomic E-state index is 10.8. The lowest BCUT2D eigenvalue weighted by molar-refractivity contribution is 0.248. The van der Waals surface area contributed by atoms with Crippen molar-refractivity contribution >= 4 is 11.7 Å². The third-order valence-electron chi connectivity index (χ3n) is 2.21. The maximum Gasteiger partial charge on any atom is 0.373 e. The van der Waals surface area contributed by atoms with Gasteiger partial charge in [0.1, 0.15) is 0 Å². The Morgan fingerprint density at radius 3 is 2.67 bits per heavy atom. The van der Waals surface area contributed by atoms with Crippen LogP contribution in [0.5, 0.6) is 0 Å². The zero-order valence-electron chi connectivity index (χ0n) is 9.74. The van der Waals surface area contributed by atoms with E-state index in [0.29, 0.717) is 5.69 Å². The zero-order valence-corrected chi connectivity index (χ0v) is 9.74. The van der Waals surface area contributed by atoms with Crippen LogP contribution in [0.15, 0.2) is 46.9 Å². The van der Waals surface area contributed by atoms with E-state index in [1.807, 2.05) is 30.7 Å². The van der Waals surface area contributed by atoms with E-state index < -0.39 is 6.03 Å². The van der Waals surface area contributed by atoms with Gasteiger partial charge in [-0.25, -0.2) is 15.3 Å². The molecule has 0 aliphatic heterocycles. The highest BCUT2D eigenvalue weighted by Crippen LogP contribution is 2.16. The molecule has 2 aromatic rings. The highest BCUT2D eigenvalue weighted by Gasteiger charge is 1.98. The number of urea groups is 1. The number of nitrogens with two attached hydrogens (primary N) is 1. The third-order valence-corrected chi connectivity index (χ3v) is 2.21. The van der Waals surface area contributed by atoms with Crippen molar-refractivity contribution in [3.63, 3.8) is 0 Å². The monoisotopic (exact) mass is 244 g/mol. The van der Waals surface area contributed by atoms with Gasteiger partial charge < -0.3 is 0 Å². The first-order chi connectivity index (χ1) is 8.69. The molecule has 3 N–H and O–H groups in total. The van der Waals surface area contributed by atoms with Crippen molar-refractivity contribution in [2.24, 2.45) is 16.1 Å². The van der Waals surface area contributed by atoms with Crippen LogP contribution in [0.3, 0.4) is 0 Å². The molecule has 0 atom stereocenters. The minimum absolute atomic E-state index is 0.561. The number of rotatable bonds is 2. The zero-order chi connectivity index (χ0) is 13.0. The van der Waals surface area contributed by atoms with Crippen LogP contribution in [-0.2, 0) is 0 Å². The summed E-state index contributed by atoms with van der Waals surface area (Å²) in [6.45, 7) is 1.97. The van der Waals surface area contributed by atoms with Crippen molar-refractivity contribution in [2.75, 3.05) is 0 Å². The molecule has 0 saturated heterocycles. The van der Waals surface area contributed by atoms with Crippen molar-refractivity contribution in [3.05, 3.63) is 42.2 Å². The van der Waals surface area contributed by atoms with E-state index in [4.69, 9.17) is 5.84 Å². The van der Waals surface area contributed by atoms with Gasteiger partial charge in [-0.2, -0.15) is 5.10 Å². The van der Waals surface area contributed by atoms with E-state index in [9.17, 15) is 4.79 Å². The highest BCUT2D eigenvalue weighted by molar-refractivity contribution is 5.73. The number of carbonyl (C=O) groups is 1. The molecule has 0 radical (unpaired) electrons. The Balaban J connectivity index is 2.15. The molecule has 1 aromatic carbocycles. The fourth-order valence-corrected chi connectivity index (χ4v) is 1.36. The molecule has 1 aromatic heterocycles. The van der Waals surface area contributed by atoms with Gasteiger partial charge in [-0.3, -0.25) is 5.43 Å². The Kier molecular flexibility index (Phi) is 3.44. The molecule has 92 valence electrons. The smallest absolute Gasteiger partial charge is 0.273 e. The fourth-order valence-electron chi connectivity index (χ4n) is 1.36. The van der Waals surface area contributed by atoms with Gasteiger partial charge in [0.2, 0.25) is 0 Å². The van der Waals surface area contributed by atoms with Crippen molar-refractivity contribution in [1.29, 1.82) is 0 Å². The Morgan fingerprint density at radius 2 is 2.11 bits per heavy atom. The first-order valence-electron chi connectivity index (χ1n) is 5.23. The van der Waals surface area contributed by atoms with Gasteiger partial charge in [-0.15, -0.1) is 5.11 Å². The SMILES string of the molecule is Cc1cnn(-c2ccc(N=NC(=O)NN)cc2)c1. The topological polar surface area (TPSA) is 97.7 Å². The van der Waals surface area contributed by atoms with Crippen molar-refractivity contribution in [3.8, 4) is 5.69 Å². The summed E-state index contributed by atoms with van der Waals surface area (Å²) in [6.07, 6.45) is 3.69. The molecule has 1 heterocycles. The number of carbonyl (C=O) groups excluding carboxylic acids is 1. The highest BCUT2D eigenvalue weighted by atomic mass is 16.2. The number of benzene rings is 1. The Morgan fingerprint density at radius 1 is 1.39 bits per heavy atom. The van der Waals surface area contributed by atoms with Gasteiger partial charge in [0.15, 0.2) is 0 Å². The predicted octanol–water partition coefficient (Wildman–Crippen LogP) is 1.85. The van der Waals surface area contributed by atoms with E-state index in [0.717, 1.165) is 11.3 Å². The molecule has 0 spiro atoms. The number of aromatic nitrogens is 2. The largest absolute Gasteiger partial charge is 0.373 e. The molecule has 0 unspecified atom stereocenters. The predicted molar refractivity (Wildman–Crippen MR) is 65.5 cm³/mol. The summed E-state index contributed by atoms with van der Waals surface area (Å²) in [7, 11) is 0. The summed E-state index contributed by atoms with van der Waals surface area (Å²) >= 11 is 0. The molecule has 0 aliphatic rings. The second kappa shape index (κ2) is 5.19. The number of nitrogens with zero attached hydrogens (tertiary/aromatic N) is 4. The third kappa shape index (κ3) is 2.77. The standard InChI is InChI=1S/C11H12N6O/c1-8-6-13-17(7-8)10-4-2-9(3-5-10)15-16-11(18)14-12/h2-7H,12H2,1H3,(H,14,18). The summed E-state index contributed by atoms with van der Waals surface area (Å²) < 4.78 is 1.75. The maximum atomic E-state index is 10.8. The minimum atomic E-state index is -0.693. The lowest BCUT2D eigenvalue weighted by Crippen LogP contribution is -2.26. The molecular weight excluding hydrogens is 232 g/mol. The number of azo groups is 1. The van der Waals surface area contributed by atoms with E-state index in [2.05, 4.69) is 15.3 Å². The molecule has 2 amide bonds. The van der Waals surface area contributed by atoms with Crippen molar-refractivity contribution in [2.45, 2.75) is 6.92 Å². The summed E-state index contributed by atoms with van der Waals surface area (Å²) in [5.74, 6) is 4.87. The molecule has 7 nitrogen and oxygen atoms in total. The molecular formula is C11H12N6O. The molecule has 0 bridgehead atoms. The van der Waals surface area contributed by atoms with Gasteiger partial charge in [-0.05, 0) is 36.8 Å². The van der Waals surface area contributed by atoms with Crippen LogP contribution in [0.4, 0.5) is 10.5 Å². The second-order valence-electron chi connectivity index (χ2n) is 3.63. The lowest BCUT2D eigenvalue weighted by Gasteiger charge is -2.00. The minimum Gasteiger partial charge on any atom is -0.273 e. The van der Waals surface area contributed by atoms with Gasteiger partial charge in [0, 0.05) is 6.20 Å². The number of nitrogens with one attached hydrogen (secondary N) is 1. The molecule has 2 rings (SSSR count). The van der Waals surface area contributed by atoms with Crippen LogP contribution in [0.25, 0.3) is 5.69 Å². The van der Waals surface area contributed by atoms with Crippen LogP contribution < -0.4 is 11.3 Å². The van der Waals surface area contributed by atoms with Gasteiger partial charge >= 0.3 is 6.03 Å². The van der Waals surface area contributed by atoms with Gasteiger partial charge in [0.05, 0.1) is 17.6 Å². The first-order valence-corrected chi connectivity index (χ1v) is 5.23. The number of hydrogen-bond donors (Lipinski definition) is 2. The van der Waals surface area contributed by atoms with Crippen LogP contribution in [-0.4, -0.2) is 15.8 Å². The van der Waals surface area contributed by atoms with E-state index in [1.165, 1.54) is 0 Å².